The van der Waals surface area contributed by atoms with E-state index in [4.69, 9.17) is 0 Å². The van der Waals surface area contributed by atoms with E-state index in [9.17, 15) is 17.6 Å². The summed E-state index contributed by atoms with van der Waals surface area (Å²) >= 11 is 0. The summed E-state index contributed by atoms with van der Waals surface area (Å²) in [6.45, 7) is 5.14. The zero-order chi connectivity index (χ0) is 24.1. The van der Waals surface area contributed by atoms with Gasteiger partial charge in [0.25, 0.3) is 0 Å². The van der Waals surface area contributed by atoms with Gasteiger partial charge in [-0.3, -0.25) is 4.79 Å². The predicted molar refractivity (Wildman–Crippen MR) is 131 cm³/mol. The number of likely N-dealkylation sites (N-methyl/N-ethyl adjacent to an activating group) is 1. The van der Waals surface area contributed by atoms with Crippen molar-refractivity contribution in [3.63, 3.8) is 0 Å². The molecule has 2 aromatic carbocycles. The third-order valence-corrected chi connectivity index (χ3v) is 8.61. The average molecular weight is 489 g/mol. The molecule has 2 aliphatic rings. The first-order valence-corrected chi connectivity index (χ1v) is 13.4. The summed E-state index contributed by atoms with van der Waals surface area (Å²) in [7, 11) is -1.49. The molecule has 0 radical (unpaired) electrons. The Hall–Kier alpha value is -2.49. The maximum absolute atomic E-state index is 13.9. The Kier molecular flexibility index (Phi) is 7.85. The number of carbonyl (C=O) groups excluding carboxylic acids is 1. The zero-order valence-corrected chi connectivity index (χ0v) is 20.4. The molecular formula is C25H33FN4O3S. The van der Waals surface area contributed by atoms with E-state index in [1.165, 1.54) is 28.2 Å². The Morgan fingerprint density at radius 2 is 1.62 bits per heavy atom. The Labute approximate surface area is 201 Å². The molecule has 1 N–H and O–H groups in total. The molecule has 2 saturated heterocycles. The SMILES string of the molecule is CN1CCN(c2ccc(CNC(=O)C3CCN(S(=O)(=O)Cc4ccccc4F)CC3)cc2)CC1. The van der Waals surface area contributed by atoms with E-state index < -0.39 is 15.8 Å². The van der Waals surface area contributed by atoms with Gasteiger partial charge < -0.3 is 15.1 Å². The van der Waals surface area contributed by atoms with Crippen molar-refractivity contribution in [2.45, 2.75) is 25.1 Å². The smallest absolute Gasteiger partial charge is 0.223 e. The van der Waals surface area contributed by atoms with Crippen LogP contribution in [0.5, 0.6) is 0 Å². The van der Waals surface area contributed by atoms with E-state index >= 15 is 0 Å². The van der Waals surface area contributed by atoms with Crippen LogP contribution >= 0.6 is 0 Å². The first-order valence-electron chi connectivity index (χ1n) is 11.8. The van der Waals surface area contributed by atoms with Crippen molar-refractivity contribution < 1.29 is 17.6 Å². The number of piperidine rings is 1. The van der Waals surface area contributed by atoms with E-state index in [0.29, 0.717) is 19.4 Å². The Morgan fingerprint density at radius 3 is 2.26 bits per heavy atom. The molecule has 7 nitrogen and oxygen atoms in total. The van der Waals surface area contributed by atoms with Crippen molar-refractivity contribution in [2.24, 2.45) is 5.92 Å². The fourth-order valence-electron chi connectivity index (χ4n) is 4.52. The minimum Gasteiger partial charge on any atom is -0.369 e. The van der Waals surface area contributed by atoms with Gasteiger partial charge in [-0.1, -0.05) is 30.3 Å². The van der Waals surface area contributed by atoms with Gasteiger partial charge in [-0.25, -0.2) is 17.1 Å². The number of piperazine rings is 1. The maximum Gasteiger partial charge on any atom is 0.223 e. The van der Waals surface area contributed by atoms with Gasteiger partial charge in [-0.2, -0.15) is 0 Å². The summed E-state index contributed by atoms with van der Waals surface area (Å²) in [5.74, 6) is -1.14. The van der Waals surface area contributed by atoms with Crippen LogP contribution in [0.25, 0.3) is 0 Å². The molecule has 0 aromatic heterocycles. The summed E-state index contributed by atoms with van der Waals surface area (Å²) in [4.78, 5) is 17.4. The van der Waals surface area contributed by atoms with E-state index in [2.05, 4.69) is 34.3 Å². The van der Waals surface area contributed by atoms with Gasteiger partial charge in [0.05, 0.1) is 5.75 Å². The molecule has 0 spiro atoms. The van der Waals surface area contributed by atoms with E-state index in [1.54, 1.807) is 6.07 Å². The lowest BCUT2D eigenvalue weighted by Gasteiger charge is -2.34. The van der Waals surface area contributed by atoms with Crippen molar-refractivity contribution in [1.29, 1.82) is 0 Å². The third kappa shape index (κ3) is 6.14. The zero-order valence-electron chi connectivity index (χ0n) is 19.6. The molecule has 2 fully saturated rings. The van der Waals surface area contributed by atoms with Gasteiger partial charge in [0.2, 0.25) is 15.9 Å². The van der Waals surface area contributed by atoms with Gasteiger partial charge in [0.15, 0.2) is 0 Å². The highest BCUT2D eigenvalue weighted by molar-refractivity contribution is 7.88. The second-order valence-electron chi connectivity index (χ2n) is 9.20. The van der Waals surface area contributed by atoms with Crippen LogP contribution in [0.1, 0.15) is 24.0 Å². The normalized spacial score (nSPS) is 18.7. The second kappa shape index (κ2) is 10.8. The topological polar surface area (TPSA) is 73.0 Å². The highest BCUT2D eigenvalue weighted by atomic mass is 32.2. The second-order valence-corrected chi connectivity index (χ2v) is 11.2. The molecule has 9 heteroatoms. The summed E-state index contributed by atoms with van der Waals surface area (Å²) in [5.41, 5.74) is 2.41. The standard InChI is InChI=1S/C25H33FN4O3S/c1-28-14-16-29(17-15-28)23-8-6-20(7-9-23)18-27-25(31)21-10-12-30(13-11-21)34(32,33)19-22-4-2-3-5-24(22)26/h2-9,21H,10-19H2,1H3,(H,27,31). The minimum absolute atomic E-state index is 0.0469. The molecule has 2 aromatic rings. The number of nitrogens with one attached hydrogen (secondary N) is 1. The van der Waals surface area contributed by atoms with Crippen LogP contribution in [0.3, 0.4) is 0 Å². The molecule has 2 aliphatic heterocycles. The minimum atomic E-state index is -3.62. The quantitative estimate of drug-likeness (QED) is 0.648. The molecule has 184 valence electrons. The number of benzene rings is 2. The highest BCUT2D eigenvalue weighted by Gasteiger charge is 2.31. The molecule has 0 saturated carbocycles. The summed E-state index contributed by atoms with van der Waals surface area (Å²) in [6.07, 6.45) is 0.926. The number of hydrogen-bond donors (Lipinski definition) is 1. The summed E-state index contributed by atoms with van der Waals surface area (Å²) < 4.78 is 40.7. The first-order chi connectivity index (χ1) is 16.3. The lowest BCUT2D eigenvalue weighted by Crippen LogP contribution is -2.44. The van der Waals surface area contributed by atoms with Crippen molar-refractivity contribution in [3.8, 4) is 0 Å². The van der Waals surface area contributed by atoms with Gasteiger partial charge in [0.1, 0.15) is 5.82 Å². The number of sulfonamides is 1. The molecule has 0 atom stereocenters. The van der Waals surface area contributed by atoms with Gasteiger partial charge in [-0.05, 0) is 43.7 Å². The fraction of sp³-hybridized carbons (Fsp3) is 0.480. The van der Waals surface area contributed by atoms with Gasteiger partial charge in [0, 0.05) is 63.0 Å². The monoisotopic (exact) mass is 488 g/mol. The van der Waals surface area contributed by atoms with Crippen LogP contribution in [-0.2, 0) is 27.1 Å². The predicted octanol–water partition coefficient (Wildman–Crippen LogP) is 2.44. The van der Waals surface area contributed by atoms with Gasteiger partial charge >= 0.3 is 0 Å². The maximum atomic E-state index is 13.9. The number of anilines is 1. The summed E-state index contributed by atoms with van der Waals surface area (Å²) in [5, 5.41) is 3.00. The molecule has 4 rings (SSSR count). The van der Waals surface area contributed by atoms with Crippen LogP contribution in [0.15, 0.2) is 48.5 Å². The number of amides is 1. The highest BCUT2D eigenvalue weighted by Crippen LogP contribution is 2.23. The number of carbonyl (C=O) groups is 1. The molecular weight excluding hydrogens is 455 g/mol. The Balaban J connectivity index is 1.23. The Bertz CT molecular complexity index is 1080. The van der Waals surface area contributed by atoms with Crippen molar-refractivity contribution in [3.05, 3.63) is 65.5 Å². The van der Waals surface area contributed by atoms with E-state index in [-0.39, 0.29) is 36.2 Å². The first kappa shape index (κ1) is 24.6. The van der Waals surface area contributed by atoms with E-state index in [0.717, 1.165) is 31.7 Å². The van der Waals surface area contributed by atoms with Crippen LogP contribution in [0.4, 0.5) is 10.1 Å². The van der Waals surface area contributed by atoms with Crippen LogP contribution in [0.2, 0.25) is 0 Å². The Morgan fingerprint density at radius 1 is 0.971 bits per heavy atom. The number of rotatable bonds is 7. The van der Waals surface area contributed by atoms with E-state index in [1.807, 2.05) is 12.1 Å². The number of nitrogens with zero attached hydrogens (tertiary/aromatic N) is 3. The third-order valence-electron chi connectivity index (χ3n) is 6.79. The van der Waals surface area contributed by atoms with Crippen molar-refractivity contribution in [1.82, 2.24) is 14.5 Å². The number of halogens is 1. The molecule has 0 aliphatic carbocycles. The lowest BCUT2D eigenvalue weighted by molar-refractivity contribution is -0.126. The largest absolute Gasteiger partial charge is 0.369 e. The molecule has 2 heterocycles. The van der Waals surface area contributed by atoms with Crippen LogP contribution in [-0.4, -0.2) is 69.8 Å². The summed E-state index contributed by atoms with van der Waals surface area (Å²) in [6, 6.07) is 14.2. The molecule has 0 bridgehead atoms. The molecule has 1 amide bonds. The van der Waals surface area contributed by atoms with Crippen molar-refractivity contribution >= 4 is 21.6 Å². The van der Waals surface area contributed by atoms with Gasteiger partial charge in [-0.15, -0.1) is 0 Å². The average Bonchev–Trinajstić information content (AvgIpc) is 2.85. The lowest BCUT2D eigenvalue weighted by atomic mass is 9.97. The van der Waals surface area contributed by atoms with Crippen molar-refractivity contribution in [2.75, 3.05) is 51.2 Å². The molecule has 0 unspecified atom stereocenters. The fourth-order valence-corrected chi connectivity index (χ4v) is 6.10. The van der Waals surface area contributed by atoms with Crippen LogP contribution < -0.4 is 10.2 Å². The van der Waals surface area contributed by atoms with Crippen LogP contribution in [0, 0.1) is 11.7 Å². The number of hydrogen-bond acceptors (Lipinski definition) is 5. The molecule has 34 heavy (non-hydrogen) atoms.